The molecule has 23 heavy (non-hydrogen) atoms. The summed E-state index contributed by atoms with van der Waals surface area (Å²) in [6.07, 6.45) is -1.18. The molecule has 0 unspecified atom stereocenters. The van der Waals surface area contributed by atoms with Gasteiger partial charge in [-0.25, -0.2) is 10.3 Å². The van der Waals surface area contributed by atoms with Gasteiger partial charge in [0, 0.05) is 23.3 Å². The summed E-state index contributed by atoms with van der Waals surface area (Å²) in [5.74, 6) is -0.138. The number of hydrogen-bond donors (Lipinski definition) is 2. The number of carbonyl (C=O) groups is 2. The number of carbonyl (C=O) groups excluding carboxylic acids is 1. The molecule has 0 saturated heterocycles. The normalized spacial score (nSPS) is 9.26. The summed E-state index contributed by atoms with van der Waals surface area (Å²) in [4.78, 5) is 35.3. The third-order valence-electron chi connectivity index (χ3n) is 2.57. The van der Waals surface area contributed by atoms with Crippen LogP contribution >= 0.6 is 0 Å². The molecule has 8 heteroatoms. The summed E-state index contributed by atoms with van der Waals surface area (Å²) in [5, 5.41) is 18.2. The highest BCUT2D eigenvalue weighted by atomic mass is 16.7. The average molecular weight is 318 g/mol. The second-order valence-electron chi connectivity index (χ2n) is 4.11. The zero-order valence-electron chi connectivity index (χ0n) is 12.1. The molecule has 0 radical (unpaired) electrons. The molecule has 2 aromatic carbocycles. The molecule has 0 spiro atoms. The standard InChI is InChI=1S/C13H9NO3.C2H5NO3/c15-13(10-4-2-1-3-5-10)11-6-8-12(9-7-11)14(16)17;1-6-3-2(4)5/h1-9H;3H,1H3,(H,4,5). The van der Waals surface area contributed by atoms with Gasteiger partial charge in [0.1, 0.15) is 0 Å². The third kappa shape index (κ3) is 5.94. The van der Waals surface area contributed by atoms with E-state index in [1.807, 2.05) is 6.07 Å². The van der Waals surface area contributed by atoms with Gasteiger partial charge in [0.25, 0.3) is 5.69 Å². The van der Waals surface area contributed by atoms with Crippen molar-refractivity contribution in [2.45, 2.75) is 0 Å². The highest BCUT2D eigenvalue weighted by Crippen LogP contribution is 2.15. The number of hydroxylamine groups is 1. The molecule has 0 atom stereocenters. The molecule has 8 nitrogen and oxygen atoms in total. The number of non-ortho nitro benzene ring substituents is 1. The second kappa shape index (κ2) is 8.90. The number of nitrogens with zero attached hydrogens (tertiary/aromatic N) is 1. The van der Waals surface area contributed by atoms with Crippen LogP contribution < -0.4 is 5.48 Å². The van der Waals surface area contributed by atoms with E-state index in [2.05, 4.69) is 4.84 Å². The van der Waals surface area contributed by atoms with Gasteiger partial charge in [-0.3, -0.25) is 19.7 Å². The summed E-state index contributed by atoms with van der Waals surface area (Å²) in [6.45, 7) is 0. The fraction of sp³-hybridized carbons (Fsp3) is 0.0667. The van der Waals surface area contributed by atoms with Crippen LogP contribution in [0.15, 0.2) is 54.6 Å². The lowest BCUT2D eigenvalue weighted by molar-refractivity contribution is -0.384. The van der Waals surface area contributed by atoms with Crippen LogP contribution in [-0.2, 0) is 4.84 Å². The van der Waals surface area contributed by atoms with Gasteiger partial charge in [-0.1, -0.05) is 30.3 Å². The second-order valence-corrected chi connectivity index (χ2v) is 4.11. The molecule has 120 valence electrons. The molecular formula is C15H14N2O6. The van der Waals surface area contributed by atoms with Crippen molar-refractivity contribution in [2.24, 2.45) is 0 Å². The first kappa shape index (κ1) is 17.8. The van der Waals surface area contributed by atoms with E-state index in [9.17, 15) is 19.7 Å². The minimum Gasteiger partial charge on any atom is -0.464 e. The molecule has 2 aromatic rings. The van der Waals surface area contributed by atoms with E-state index < -0.39 is 11.0 Å². The van der Waals surface area contributed by atoms with Crippen molar-refractivity contribution >= 4 is 17.6 Å². The smallest absolute Gasteiger partial charge is 0.428 e. The van der Waals surface area contributed by atoms with Gasteiger partial charge in [0.05, 0.1) is 12.0 Å². The highest BCUT2D eigenvalue weighted by molar-refractivity contribution is 6.09. The van der Waals surface area contributed by atoms with Gasteiger partial charge in [-0.15, -0.1) is 0 Å². The van der Waals surface area contributed by atoms with Crippen LogP contribution in [0.25, 0.3) is 0 Å². The third-order valence-corrected chi connectivity index (χ3v) is 2.57. The van der Waals surface area contributed by atoms with Gasteiger partial charge in [-0.05, 0) is 12.1 Å². The Hall–Kier alpha value is -3.26. The lowest BCUT2D eigenvalue weighted by atomic mass is 10.0. The van der Waals surface area contributed by atoms with Crippen LogP contribution in [0.3, 0.4) is 0 Å². The molecule has 0 bridgehead atoms. The Balaban J connectivity index is 0.000000379. The number of ketones is 1. The molecular weight excluding hydrogens is 304 g/mol. The molecule has 0 aromatic heterocycles. The number of amides is 1. The van der Waals surface area contributed by atoms with Gasteiger partial charge >= 0.3 is 6.09 Å². The van der Waals surface area contributed by atoms with Crippen molar-refractivity contribution in [3.63, 3.8) is 0 Å². The first-order valence-electron chi connectivity index (χ1n) is 6.32. The van der Waals surface area contributed by atoms with Crippen molar-refractivity contribution in [1.82, 2.24) is 5.48 Å². The van der Waals surface area contributed by atoms with Crippen molar-refractivity contribution < 1.29 is 24.5 Å². The lowest BCUT2D eigenvalue weighted by Crippen LogP contribution is -2.18. The van der Waals surface area contributed by atoms with Crippen molar-refractivity contribution in [2.75, 3.05) is 7.11 Å². The Morgan fingerprint density at radius 2 is 1.57 bits per heavy atom. The van der Waals surface area contributed by atoms with E-state index in [0.717, 1.165) is 0 Å². The van der Waals surface area contributed by atoms with Crippen LogP contribution in [0, 0.1) is 10.1 Å². The Bertz CT molecular complexity index is 670. The largest absolute Gasteiger partial charge is 0.464 e. The minimum atomic E-state index is -1.18. The first-order chi connectivity index (χ1) is 11.0. The SMILES string of the molecule is CONC(=O)O.O=C(c1ccccc1)c1ccc([N+](=O)[O-])cc1. The topological polar surface area (TPSA) is 119 Å². The molecule has 0 fully saturated rings. The monoisotopic (exact) mass is 318 g/mol. The van der Waals surface area contributed by atoms with Crippen LogP contribution in [0.2, 0.25) is 0 Å². The maximum absolute atomic E-state index is 12.0. The number of carboxylic acid groups (broad SMARTS) is 1. The lowest BCUT2D eigenvalue weighted by Gasteiger charge is -2.00. The summed E-state index contributed by atoms with van der Waals surface area (Å²) in [6, 6.07) is 14.4. The summed E-state index contributed by atoms with van der Waals surface area (Å²) < 4.78 is 0. The van der Waals surface area contributed by atoms with Crippen LogP contribution in [0.5, 0.6) is 0 Å². The van der Waals surface area contributed by atoms with E-state index in [0.29, 0.717) is 11.1 Å². The number of hydrogen-bond acceptors (Lipinski definition) is 5. The summed E-state index contributed by atoms with van der Waals surface area (Å²) >= 11 is 0. The Morgan fingerprint density at radius 1 is 1.04 bits per heavy atom. The molecule has 0 saturated carbocycles. The zero-order valence-corrected chi connectivity index (χ0v) is 12.1. The fourth-order valence-corrected chi connectivity index (χ4v) is 1.58. The maximum Gasteiger partial charge on any atom is 0.428 e. The van der Waals surface area contributed by atoms with Crippen molar-refractivity contribution in [3.8, 4) is 0 Å². The molecule has 0 aliphatic heterocycles. The Labute approximate surface area is 131 Å². The number of nitrogens with one attached hydrogen (secondary N) is 1. The van der Waals surface area contributed by atoms with Gasteiger partial charge in [0.2, 0.25) is 0 Å². The van der Waals surface area contributed by atoms with E-state index >= 15 is 0 Å². The minimum absolute atomic E-state index is 0.0189. The van der Waals surface area contributed by atoms with Gasteiger partial charge < -0.3 is 5.11 Å². The summed E-state index contributed by atoms with van der Waals surface area (Å²) in [5.41, 5.74) is 2.62. The number of benzene rings is 2. The molecule has 1 amide bonds. The zero-order chi connectivity index (χ0) is 17.2. The number of nitro groups is 1. The van der Waals surface area contributed by atoms with Crippen LogP contribution in [0.1, 0.15) is 15.9 Å². The molecule has 2 rings (SSSR count). The van der Waals surface area contributed by atoms with E-state index in [4.69, 9.17) is 5.11 Å². The molecule has 0 heterocycles. The van der Waals surface area contributed by atoms with Crippen LogP contribution in [-0.4, -0.2) is 29.0 Å². The highest BCUT2D eigenvalue weighted by Gasteiger charge is 2.10. The van der Waals surface area contributed by atoms with Crippen LogP contribution in [0.4, 0.5) is 10.5 Å². The van der Waals surface area contributed by atoms with Crippen molar-refractivity contribution in [1.29, 1.82) is 0 Å². The predicted octanol–water partition coefficient (Wildman–Crippen LogP) is 2.64. The fourth-order valence-electron chi connectivity index (χ4n) is 1.58. The maximum atomic E-state index is 12.0. The number of nitro benzene ring substituents is 1. The van der Waals surface area contributed by atoms with Gasteiger partial charge in [-0.2, -0.15) is 0 Å². The van der Waals surface area contributed by atoms with E-state index in [1.165, 1.54) is 31.4 Å². The van der Waals surface area contributed by atoms with E-state index in [-0.39, 0.29) is 11.5 Å². The summed E-state index contributed by atoms with van der Waals surface area (Å²) in [7, 11) is 1.23. The Morgan fingerprint density at radius 3 is 1.96 bits per heavy atom. The first-order valence-corrected chi connectivity index (χ1v) is 6.32. The molecule has 0 aliphatic rings. The molecule has 0 aliphatic carbocycles. The predicted molar refractivity (Wildman–Crippen MR) is 81.1 cm³/mol. The Kier molecular flexibility index (Phi) is 6.89. The van der Waals surface area contributed by atoms with Crippen molar-refractivity contribution in [3.05, 3.63) is 75.8 Å². The average Bonchev–Trinajstić information content (AvgIpc) is 2.55. The quantitative estimate of drug-likeness (QED) is 0.508. The molecule has 2 N–H and O–H groups in total. The van der Waals surface area contributed by atoms with E-state index in [1.54, 1.807) is 29.7 Å². The number of rotatable bonds is 4. The van der Waals surface area contributed by atoms with Gasteiger partial charge in [0.15, 0.2) is 5.78 Å².